The van der Waals surface area contributed by atoms with Crippen molar-refractivity contribution in [1.29, 1.82) is 0 Å². The van der Waals surface area contributed by atoms with Crippen LogP contribution in [0.15, 0.2) is 60.7 Å². The molecule has 0 N–H and O–H groups in total. The summed E-state index contributed by atoms with van der Waals surface area (Å²) in [6.07, 6.45) is 4.33. The summed E-state index contributed by atoms with van der Waals surface area (Å²) in [6.45, 7) is 2.24. The fourth-order valence-corrected chi connectivity index (χ4v) is 5.25. The maximum Gasteiger partial charge on any atom is 0.161 e. The molecule has 4 rings (SSSR count). The van der Waals surface area contributed by atoms with E-state index in [9.17, 15) is 10.1 Å². The minimum Gasteiger partial charge on any atom is -0.235 e. The Kier molecular flexibility index (Phi) is 3.98. The van der Waals surface area contributed by atoms with Gasteiger partial charge in [-0.25, -0.2) is 10.1 Å². The Bertz CT molecular complexity index is 749. The average Bonchev–Trinajstić information content (AvgIpc) is 2.62. The number of rotatable bonds is 3. The maximum absolute atomic E-state index is 12.2. The molecule has 0 aromatic heterocycles. The predicted octanol–water partition coefficient (Wildman–Crippen LogP) is 5.17. The lowest BCUT2D eigenvalue weighted by Gasteiger charge is -2.54. The van der Waals surface area contributed by atoms with Crippen molar-refractivity contribution in [2.45, 2.75) is 44.7 Å². The van der Waals surface area contributed by atoms with Gasteiger partial charge in [-0.3, -0.25) is 0 Å². The van der Waals surface area contributed by atoms with Gasteiger partial charge in [0.2, 0.25) is 0 Å². The third kappa shape index (κ3) is 2.70. The first kappa shape index (κ1) is 16.1. The van der Waals surface area contributed by atoms with Crippen LogP contribution in [0.5, 0.6) is 0 Å². The van der Waals surface area contributed by atoms with Crippen molar-refractivity contribution in [2.24, 2.45) is 11.3 Å². The van der Waals surface area contributed by atoms with Crippen LogP contribution in [0.1, 0.15) is 55.8 Å². The van der Waals surface area contributed by atoms with Gasteiger partial charge in [0.15, 0.2) is 5.03 Å². The number of hydrogen-bond donors (Lipinski definition) is 0. The van der Waals surface area contributed by atoms with E-state index >= 15 is 0 Å². The molecular weight excluding hydrogens is 312 g/mol. The third-order valence-electron chi connectivity index (χ3n) is 6.15. The van der Waals surface area contributed by atoms with Crippen LogP contribution >= 0.6 is 0 Å². The van der Waals surface area contributed by atoms with Crippen molar-refractivity contribution >= 4 is 0 Å². The van der Waals surface area contributed by atoms with E-state index in [-0.39, 0.29) is 22.5 Å². The highest BCUT2D eigenvalue weighted by Crippen LogP contribution is 2.59. The minimum absolute atomic E-state index is 0.0530. The first-order valence-corrected chi connectivity index (χ1v) is 9.13. The van der Waals surface area contributed by atoms with Crippen LogP contribution in [0.4, 0.5) is 0 Å². The Morgan fingerprint density at radius 3 is 2.24 bits per heavy atom. The minimum atomic E-state index is -0.189. The standard InChI is InChI=1S/C21H24N2O2/c1-21-14-8-13-18(15-21)19(16-9-4-2-5-10-16)22(23(24)25)20(21)17-11-6-3-7-12-17/h2-7,9-12,18-20H,8,13-15H2,1H3/t18-,19-,20+,21+/m0/s1. The Balaban J connectivity index is 1.86. The van der Waals surface area contributed by atoms with Gasteiger partial charge in [0.25, 0.3) is 0 Å². The molecule has 4 heteroatoms. The summed E-state index contributed by atoms with van der Waals surface area (Å²) < 4.78 is 0. The highest BCUT2D eigenvalue weighted by atomic mass is 16.7. The van der Waals surface area contributed by atoms with Crippen LogP contribution < -0.4 is 0 Å². The van der Waals surface area contributed by atoms with Crippen molar-refractivity contribution < 1.29 is 5.03 Å². The third-order valence-corrected chi connectivity index (χ3v) is 6.15. The molecule has 2 aromatic rings. The Morgan fingerprint density at radius 2 is 1.64 bits per heavy atom. The van der Waals surface area contributed by atoms with Crippen molar-refractivity contribution in [2.75, 3.05) is 0 Å². The van der Waals surface area contributed by atoms with Crippen LogP contribution in [0.2, 0.25) is 0 Å². The molecule has 2 bridgehead atoms. The van der Waals surface area contributed by atoms with Crippen molar-refractivity contribution in [1.82, 2.24) is 5.01 Å². The molecule has 130 valence electrons. The van der Waals surface area contributed by atoms with Gasteiger partial charge in [0, 0.05) is 0 Å². The molecule has 4 nitrogen and oxygen atoms in total. The molecule has 25 heavy (non-hydrogen) atoms. The van der Waals surface area contributed by atoms with E-state index in [1.54, 1.807) is 5.01 Å². The first-order chi connectivity index (χ1) is 12.1. The lowest BCUT2D eigenvalue weighted by atomic mass is 9.59. The van der Waals surface area contributed by atoms with E-state index in [0.717, 1.165) is 36.8 Å². The highest BCUT2D eigenvalue weighted by Gasteiger charge is 2.56. The van der Waals surface area contributed by atoms with Gasteiger partial charge in [-0.15, -0.1) is 5.01 Å². The molecule has 2 aliphatic rings. The fraction of sp³-hybridized carbons (Fsp3) is 0.429. The summed E-state index contributed by atoms with van der Waals surface area (Å²) in [7, 11) is 0. The van der Waals surface area contributed by atoms with Gasteiger partial charge in [-0.2, -0.15) is 0 Å². The van der Waals surface area contributed by atoms with Gasteiger partial charge in [-0.1, -0.05) is 74.0 Å². The quantitative estimate of drug-likeness (QED) is 0.573. The molecule has 0 radical (unpaired) electrons. The number of hydrogen-bond acceptors (Lipinski definition) is 2. The molecule has 0 unspecified atom stereocenters. The molecule has 1 aliphatic carbocycles. The zero-order valence-corrected chi connectivity index (χ0v) is 14.5. The number of fused-ring (bicyclic) bond motifs is 2. The first-order valence-electron chi connectivity index (χ1n) is 9.13. The molecule has 0 spiro atoms. The summed E-state index contributed by atoms with van der Waals surface area (Å²) in [6, 6.07) is 19.7. The molecule has 2 aromatic carbocycles. The number of nitro groups is 1. The van der Waals surface area contributed by atoms with E-state index in [1.165, 1.54) is 0 Å². The predicted molar refractivity (Wildman–Crippen MR) is 97.3 cm³/mol. The van der Waals surface area contributed by atoms with E-state index < -0.39 is 0 Å². The van der Waals surface area contributed by atoms with E-state index in [0.29, 0.717) is 5.92 Å². The molecular formula is C21H24N2O2. The van der Waals surface area contributed by atoms with Crippen LogP contribution in [0.25, 0.3) is 0 Å². The van der Waals surface area contributed by atoms with Gasteiger partial charge < -0.3 is 0 Å². The zero-order valence-electron chi connectivity index (χ0n) is 14.5. The van der Waals surface area contributed by atoms with E-state index in [4.69, 9.17) is 0 Å². The zero-order chi connectivity index (χ0) is 17.4. The second-order valence-corrected chi connectivity index (χ2v) is 7.80. The molecule has 1 aliphatic heterocycles. The average molecular weight is 336 g/mol. The van der Waals surface area contributed by atoms with Crippen molar-refractivity contribution in [3.8, 4) is 0 Å². The maximum atomic E-state index is 12.2. The van der Waals surface area contributed by atoms with Gasteiger partial charge in [0.1, 0.15) is 12.1 Å². The SMILES string of the molecule is C[C@@]12CCC[C@@H](C1)[C@H](c1ccccc1)N([N+](=O)[O-])[C@@H]2c1ccccc1. The van der Waals surface area contributed by atoms with Crippen LogP contribution in [-0.2, 0) is 0 Å². The summed E-state index contributed by atoms with van der Waals surface area (Å²) >= 11 is 0. The Morgan fingerprint density at radius 1 is 1.04 bits per heavy atom. The van der Waals surface area contributed by atoms with Gasteiger partial charge in [0.05, 0.1) is 0 Å². The van der Waals surface area contributed by atoms with Crippen molar-refractivity contribution in [3.05, 3.63) is 81.9 Å². The Hall–Kier alpha value is -2.36. The monoisotopic (exact) mass is 336 g/mol. The summed E-state index contributed by atoms with van der Waals surface area (Å²) in [5.74, 6) is 0.339. The van der Waals surface area contributed by atoms with Gasteiger partial charge >= 0.3 is 0 Å². The molecule has 2 fully saturated rings. The highest BCUT2D eigenvalue weighted by molar-refractivity contribution is 5.27. The normalized spacial score (nSPS) is 31.6. The number of hydrazine groups is 1. The largest absolute Gasteiger partial charge is 0.235 e. The molecule has 1 saturated carbocycles. The van der Waals surface area contributed by atoms with Crippen LogP contribution in [-0.4, -0.2) is 10.0 Å². The lowest BCUT2D eigenvalue weighted by molar-refractivity contribution is -0.688. The second-order valence-electron chi connectivity index (χ2n) is 7.80. The number of nitrogens with zero attached hydrogens (tertiary/aromatic N) is 2. The van der Waals surface area contributed by atoms with E-state index in [2.05, 4.69) is 6.92 Å². The summed E-state index contributed by atoms with van der Waals surface area (Å²) in [4.78, 5) is 12.2. The lowest BCUT2D eigenvalue weighted by Crippen LogP contribution is -2.54. The second kappa shape index (κ2) is 6.17. The molecule has 0 amide bonds. The van der Waals surface area contributed by atoms with Gasteiger partial charge in [-0.05, 0) is 41.7 Å². The molecule has 1 saturated heterocycles. The summed E-state index contributed by atoms with van der Waals surface area (Å²) in [5.41, 5.74) is 2.07. The summed E-state index contributed by atoms with van der Waals surface area (Å²) in [5, 5.41) is 13.6. The smallest absolute Gasteiger partial charge is 0.161 e. The van der Waals surface area contributed by atoms with E-state index in [1.807, 2.05) is 60.7 Å². The fourth-order valence-electron chi connectivity index (χ4n) is 5.25. The van der Waals surface area contributed by atoms with Crippen LogP contribution in [0, 0.1) is 21.4 Å². The molecule has 1 heterocycles. The number of piperidine rings is 1. The van der Waals surface area contributed by atoms with Crippen molar-refractivity contribution in [3.63, 3.8) is 0 Å². The number of benzene rings is 2. The molecule has 4 atom stereocenters. The topological polar surface area (TPSA) is 46.4 Å². The Labute approximate surface area is 148 Å². The van der Waals surface area contributed by atoms with Crippen LogP contribution in [0.3, 0.4) is 0 Å².